The number of hydrogen-bond acceptors (Lipinski definition) is 3. The van der Waals surface area contributed by atoms with E-state index in [1.54, 1.807) is 6.20 Å². The van der Waals surface area contributed by atoms with Gasteiger partial charge in [-0.05, 0) is 37.2 Å². The van der Waals surface area contributed by atoms with Gasteiger partial charge in [-0.15, -0.1) is 0 Å². The molecule has 5 heteroatoms. The van der Waals surface area contributed by atoms with Crippen LogP contribution in [0.15, 0.2) is 24.4 Å². The summed E-state index contributed by atoms with van der Waals surface area (Å²) in [6.07, 6.45) is 7.59. The van der Waals surface area contributed by atoms with Crippen molar-refractivity contribution in [1.82, 2.24) is 19.7 Å². The van der Waals surface area contributed by atoms with Gasteiger partial charge >= 0.3 is 0 Å². The summed E-state index contributed by atoms with van der Waals surface area (Å²) in [6.45, 7) is 4.43. The first-order chi connectivity index (χ1) is 9.77. The maximum atomic E-state index is 5.43. The third kappa shape index (κ3) is 3.33. The number of unbranched alkanes of at least 4 members (excludes halogenated alkanes) is 1. The van der Waals surface area contributed by atoms with Gasteiger partial charge in [-0.2, -0.15) is 5.10 Å². The molecule has 0 fully saturated rings. The Morgan fingerprint density at radius 1 is 1.25 bits per heavy atom. The average molecular weight is 290 g/mol. The van der Waals surface area contributed by atoms with Crippen LogP contribution in [0.1, 0.15) is 52.0 Å². The van der Waals surface area contributed by atoms with Gasteiger partial charge in [0.1, 0.15) is 5.69 Å². The first-order valence-electron chi connectivity index (χ1n) is 7.36. The van der Waals surface area contributed by atoms with Crippen LogP contribution >= 0.6 is 12.2 Å². The van der Waals surface area contributed by atoms with Gasteiger partial charge in [-0.1, -0.05) is 39.2 Å². The van der Waals surface area contributed by atoms with Crippen LogP contribution in [-0.4, -0.2) is 19.7 Å². The van der Waals surface area contributed by atoms with Crippen LogP contribution in [0.4, 0.5) is 0 Å². The van der Waals surface area contributed by atoms with Crippen molar-refractivity contribution in [2.45, 2.75) is 52.0 Å². The van der Waals surface area contributed by atoms with Gasteiger partial charge in [0.05, 0.1) is 0 Å². The lowest BCUT2D eigenvalue weighted by Crippen LogP contribution is -2.11. The molecule has 0 aromatic carbocycles. The number of nitrogens with zero attached hydrogens (tertiary/aromatic N) is 3. The van der Waals surface area contributed by atoms with Gasteiger partial charge in [-0.3, -0.25) is 14.6 Å². The molecule has 0 bridgehead atoms. The van der Waals surface area contributed by atoms with Crippen molar-refractivity contribution in [1.29, 1.82) is 0 Å². The Labute approximate surface area is 125 Å². The van der Waals surface area contributed by atoms with E-state index in [0.717, 1.165) is 30.8 Å². The minimum absolute atomic E-state index is 0.406. The molecule has 0 amide bonds. The van der Waals surface area contributed by atoms with Gasteiger partial charge in [0, 0.05) is 12.2 Å². The normalized spacial score (nSPS) is 12.5. The summed E-state index contributed by atoms with van der Waals surface area (Å²) in [5, 5.41) is 7.31. The van der Waals surface area contributed by atoms with Gasteiger partial charge in [0.25, 0.3) is 0 Å². The zero-order chi connectivity index (χ0) is 14.4. The molecule has 108 valence electrons. The van der Waals surface area contributed by atoms with Crippen LogP contribution in [0, 0.1) is 4.77 Å². The molecule has 0 saturated carbocycles. The predicted octanol–water partition coefficient (Wildman–Crippen LogP) is 4.53. The Balaban J connectivity index is 2.39. The molecular weight excluding hydrogens is 268 g/mol. The third-order valence-electron chi connectivity index (χ3n) is 3.48. The molecule has 20 heavy (non-hydrogen) atoms. The van der Waals surface area contributed by atoms with E-state index in [1.807, 2.05) is 18.2 Å². The highest BCUT2D eigenvalue weighted by Crippen LogP contribution is 2.26. The molecule has 0 aliphatic rings. The maximum Gasteiger partial charge on any atom is 0.195 e. The Morgan fingerprint density at radius 3 is 2.75 bits per heavy atom. The summed E-state index contributed by atoms with van der Waals surface area (Å²) in [5.74, 6) is 0.852. The van der Waals surface area contributed by atoms with Crippen molar-refractivity contribution < 1.29 is 0 Å². The molecule has 0 aliphatic carbocycles. The van der Waals surface area contributed by atoms with Crippen LogP contribution in [-0.2, 0) is 0 Å². The van der Waals surface area contributed by atoms with Crippen molar-refractivity contribution in [2.24, 2.45) is 0 Å². The summed E-state index contributed by atoms with van der Waals surface area (Å²) in [5.41, 5.74) is 0.873. The lowest BCUT2D eigenvalue weighted by molar-refractivity contribution is 0.415. The fourth-order valence-corrected chi connectivity index (χ4v) is 2.78. The lowest BCUT2D eigenvalue weighted by Gasteiger charge is -2.19. The van der Waals surface area contributed by atoms with E-state index in [0.29, 0.717) is 10.8 Å². The fraction of sp³-hybridized carbons (Fsp3) is 0.533. The van der Waals surface area contributed by atoms with Gasteiger partial charge in [0.15, 0.2) is 10.6 Å². The van der Waals surface area contributed by atoms with Gasteiger partial charge in [0.2, 0.25) is 0 Å². The number of H-pyrrole nitrogens is 1. The van der Waals surface area contributed by atoms with Gasteiger partial charge in [-0.25, -0.2) is 0 Å². The third-order valence-corrected chi connectivity index (χ3v) is 3.76. The van der Waals surface area contributed by atoms with Gasteiger partial charge < -0.3 is 0 Å². The molecule has 1 N–H and O–H groups in total. The first kappa shape index (κ1) is 14.9. The Hall–Kier alpha value is -1.49. The van der Waals surface area contributed by atoms with Crippen LogP contribution in [0.5, 0.6) is 0 Å². The molecule has 0 radical (unpaired) electrons. The predicted molar refractivity (Wildman–Crippen MR) is 84.1 cm³/mol. The lowest BCUT2D eigenvalue weighted by atomic mass is 10.0. The average Bonchev–Trinajstić information content (AvgIpc) is 2.86. The Bertz CT molecular complexity index is 573. The summed E-state index contributed by atoms with van der Waals surface area (Å²) < 4.78 is 2.84. The number of aromatic nitrogens is 4. The van der Waals surface area contributed by atoms with E-state index in [-0.39, 0.29) is 0 Å². The molecular formula is C15H22N4S. The van der Waals surface area contributed by atoms with E-state index < -0.39 is 0 Å². The largest absolute Gasteiger partial charge is 0.296 e. The number of hydrogen-bond donors (Lipinski definition) is 1. The van der Waals surface area contributed by atoms with Crippen LogP contribution in [0.3, 0.4) is 0 Å². The summed E-state index contributed by atoms with van der Waals surface area (Å²) in [7, 11) is 0. The minimum Gasteiger partial charge on any atom is -0.296 e. The Kier molecular flexibility index (Phi) is 5.47. The van der Waals surface area contributed by atoms with Crippen molar-refractivity contribution >= 4 is 12.2 Å². The van der Waals surface area contributed by atoms with Crippen molar-refractivity contribution in [2.75, 3.05) is 0 Å². The minimum atomic E-state index is 0.406. The van der Waals surface area contributed by atoms with Crippen LogP contribution < -0.4 is 0 Å². The SMILES string of the molecule is CCCCC(CCC)n1c(-c2ccccn2)n[nH]c1=S. The molecule has 1 atom stereocenters. The number of pyridine rings is 1. The maximum absolute atomic E-state index is 5.43. The molecule has 2 rings (SSSR count). The topological polar surface area (TPSA) is 46.5 Å². The second-order valence-electron chi connectivity index (χ2n) is 5.02. The zero-order valence-electron chi connectivity index (χ0n) is 12.2. The van der Waals surface area contributed by atoms with Crippen molar-refractivity contribution in [3.63, 3.8) is 0 Å². The van der Waals surface area contributed by atoms with Crippen LogP contribution in [0.25, 0.3) is 11.5 Å². The van der Waals surface area contributed by atoms with Crippen LogP contribution in [0.2, 0.25) is 0 Å². The number of aromatic amines is 1. The van der Waals surface area contributed by atoms with E-state index in [4.69, 9.17) is 12.2 Å². The zero-order valence-corrected chi connectivity index (χ0v) is 13.0. The summed E-state index contributed by atoms with van der Waals surface area (Å²) in [4.78, 5) is 4.40. The highest BCUT2D eigenvalue weighted by Gasteiger charge is 2.17. The summed E-state index contributed by atoms with van der Waals surface area (Å²) >= 11 is 5.43. The van der Waals surface area contributed by atoms with E-state index >= 15 is 0 Å². The number of rotatable bonds is 7. The molecule has 2 aromatic rings. The van der Waals surface area contributed by atoms with E-state index in [1.165, 1.54) is 12.8 Å². The molecule has 1 unspecified atom stereocenters. The highest BCUT2D eigenvalue weighted by molar-refractivity contribution is 7.71. The molecule has 2 aromatic heterocycles. The summed E-state index contributed by atoms with van der Waals surface area (Å²) in [6, 6.07) is 6.27. The standard InChI is InChI=1S/C15H22N4S/c1-3-5-9-12(8-4-2)19-14(17-18-15(19)20)13-10-6-7-11-16-13/h6-7,10-12H,3-5,8-9H2,1-2H3,(H,18,20). The Morgan fingerprint density at radius 2 is 2.10 bits per heavy atom. The quantitative estimate of drug-likeness (QED) is 0.762. The molecule has 0 aliphatic heterocycles. The second kappa shape index (κ2) is 7.33. The molecule has 4 nitrogen and oxygen atoms in total. The molecule has 2 heterocycles. The first-order valence-corrected chi connectivity index (χ1v) is 7.77. The molecule has 0 spiro atoms. The second-order valence-corrected chi connectivity index (χ2v) is 5.41. The van der Waals surface area contributed by atoms with Crippen molar-refractivity contribution in [3.8, 4) is 11.5 Å². The monoisotopic (exact) mass is 290 g/mol. The van der Waals surface area contributed by atoms with E-state index in [2.05, 4.69) is 33.6 Å². The fourth-order valence-electron chi connectivity index (χ4n) is 2.49. The smallest absolute Gasteiger partial charge is 0.195 e. The highest BCUT2D eigenvalue weighted by atomic mass is 32.1. The van der Waals surface area contributed by atoms with E-state index in [9.17, 15) is 0 Å². The number of nitrogens with one attached hydrogen (secondary N) is 1. The molecule has 0 saturated heterocycles. The van der Waals surface area contributed by atoms with Crippen molar-refractivity contribution in [3.05, 3.63) is 29.2 Å².